The van der Waals surface area contributed by atoms with Crippen LogP contribution in [0.2, 0.25) is 5.02 Å². The van der Waals surface area contributed by atoms with E-state index >= 15 is 0 Å². The number of carbonyl (C=O) groups excluding carboxylic acids is 1. The number of nitrogens with zero attached hydrogens (tertiary/aromatic N) is 2. The Morgan fingerprint density at radius 3 is 2.60 bits per heavy atom. The zero-order valence-electron chi connectivity index (χ0n) is 11.5. The number of rotatable bonds is 5. The van der Waals surface area contributed by atoms with Crippen LogP contribution in [0.3, 0.4) is 0 Å². The van der Waals surface area contributed by atoms with Crippen molar-refractivity contribution in [1.82, 2.24) is 4.90 Å². The van der Waals surface area contributed by atoms with E-state index in [0.717, 1.165) is 12.8 Å². The van der Waals surface area contributed by atoms with E-state index in [1.807, 2.05) is 4.90 Å². The van der Waals surface area contributed by atoms with Gasteiger partial charge in [-0.05, 0) is 30.9 Å². The first-order chi connectivity index (χ1) is 9.40. The van der Waals surface area contributed by atoms with Gasteiger partial charge in [0.1, 0.15) is 5.02 Å². The van der Waals surface area contributed by atoms with Crippen LogP contribution in [0.25, 0.3) is 0 Å². The van der Waals surface area contributed by atoms with Crippen LogP contribution in [-0.4, -0.2) is 28.3 Å². The van der Waals surface area contributed by atoms with E-state index in [9.17, 15) is 14.9 Å². The molecular formula is C14H17ClN2O3. The third kappa shape index (κ3) is 3.28. The van der Waals surface area contributed by atoms with Gasteiger partial charge in [-0.15, -0.1) is 0 Å². The molecule has 108 valence electrons. The molecule has 6 heteroatoms. The van der Waals surface area contributed by atoms with Crippen molar-refractivity contribution in [1.29, 1.82) is 0 Å². The normalized spacial score (nSPS) is 14.4. The average molecular weight is 297 g/mol. The molecule has 1 amide bonds. The quantitative estimate of drug-likeness (QED) is 0.617. The molecule has 0 N–H and O–H groups in total. The fraction of sp³-hybridized carbons (Fsp3) is 0.500. The molecule has 1 aromatic rings. The summed E-state index contributed by atoms with van der Waals surface area (Å²) in [7, 11) is 0. The lowest BCUT2D eigenvalue weighted by molar-refractivity contribution is -0.384. The van der Waals surface area contributed by atoms with E-state index in [1.54, 1.807) is 0 Å². The maximum absolute atomic E-state index is 12.5. The minimum Gasteiger partial charge on any atom is -0.335 e. The first-order valence-corrected chi connectivity index (χ1v) is 7.03. The van der Waals surface area contributed by atoms with Crippen LogP contribution < -0.4 is 0 Å². The van der Waals surface area contributed by atoms with Crippen molar-refractivity contribution < 1.29 is 9.72 Å². The number of hydrogen-bond acceptors (Lipinski definition) is 3. The molecule has 0 spiro atoms. The lowest BCUT2D eigenvalue weighted by Gasteiger charge is -2.24. The van der Waals surface area contributed by atoms with Gasteiger partial charge in [0.2, 0.25) is 0 Å². The Balaban J connectivity index is 2.23. The number of nitro benzene ring substituents is 1. The van der Waals surface area contributed by atoms with Crippen LogP contribution >= 0.6 is 11.6 Å². The minimum atomic E-state index is -0.552. The highest BCUT2D eigenvalue weighted by molar-refractivity contribution is 6.33. The molecule has 5 nitrogen and oxygen atoms in total. The molecule has 0 unspecified atom stereocenters. The topological polar surface area (TPSA) is 63.5 Å². The Kier molecular flexibility index (Phi) is 4.28. The molecule has 1 fully saturated rings. The molecule has 0 saturated heterocycles. The smallest absolute Gasteiger partial charge is 0.287 e. The van der Waals surface area contributed by atoms with Crippen LogP contribution in [-0.2, 0) is 0 Å². The molecule has 0 bridgehead atoms. The minimum absolute atomic E-state index is 0.00106. The van der Waals surface area contributed by atoms with Gasteiger partial charge >= 0.3 is 0 Å². The van der Waals surface area contributed by atoms with Crippen molar-refractivity contribution in [2.75, 3.05) is 6.54 Å². The summed E-state index contributed by atoms with van der Waals surface area (Å²) in [5.74, 6) is 0.283. The maximum Gasteiger partial charge on any atom is 0.287 e. The largest absolute Gasteiger partial charge is 0.335 e. The standard InChI is InChI=1S/C14H17ClN2O3/c1-9(2)8-16(11-4-5-11)14(18)10-3-6-13(17(19)20)12(15)7-10/h3,6-7,9,11H,4-5,8H2,1-2H3. The van der Waals surface area contributed by atoms with Crippen molar-refractivity contribution in [2.45, 2.75) is 32.7 Å². The molecule has 2 rings (SSSR count). The number of nitro groups is 1. The van der Waals surface area contributed by atoms with Crippen LogP contribution in [0.15, 0.2) is 18.2 Å². The van der Waals surface area contributed by atoms with Crippen molar-refractivity contribution in [3.8, 4) is 0 Å². The second-order valence-electron chi connectivity index (χ2n) is 5.51. The monoisotopic (exact) mass is 296 g/mol. The summed E-state index contributed by atoms with van der Waals surface area (Å²) in [6.45, 7) is 4.81. The van der Waals surface area contributed by atoms with Gasteiger partial charge < -0.3 is 4.90 Å². The van der Waals surface area contributed by atoms with Crippen molar-refractivity contribution in [3.63, 3.8) is 0 Å². The van der Waals surface area contributed by atoms with Gasteiger partial charge in [-0.2, -0.15) is 0 Å². The van der Waals surface area contributed by atoms with Gasteiger partial charge in [0.05, 0.1) is 4.92 Å². The van der Waals surface area contributed by atoms with Crippen molar-refractivity contribution in [3.05, 3.63) is 38.9 Å². The molecule has 0 heterocycles. The summed E-state index contributed by atoms with van der Waals surface area (Å²) in [6, 6.07) is 4.45. The highest BCUT2D eigenvalue weighted by Crippen LogP contribution is 2.31. The van der Waals surface area contributed by atoms with E-state index in [2.05, 4.69) is 13.8 Å². The Morgan fingerprint density at radius 2 is 2.15 bits per heavy atom. The predicted molar refractivity (Wildman–Crippen MR) is 77.0 cm³/mol. The summed E-state index contributed by atoms with van der Waals surface area (Å²) in [5.41, 5.74) is 0.234. The molecule has 0 aromatic heterocycles. The zero-order chi connectivity index (χ0) is 14.9. The van der Waals surface area contributed by atoms with Crippen molar-refractivity contribution in [2.24, 2.45) is 5.92 Å². The fourth-order valence-electron chi connectivity index (χ4n) is 2.13. The molecule has 1 aliphatic carbocycles. The van der Waals surface area contributed by atoms with E-state index in [-0.39, 0.29) is 16.6 Å². The Hall–Kier alpha value is -1.62. The Bertz CT molecular complexity index is 541. The van der Waals surface area contributed by atoms with E-state index in [4.69, 9.17) is 11.6 Å². The highest BCUT2D eigenvalue weighted by atomic mass is 35.5. The van der Waals surface area contributed by atoms with E-state index in [1.165, 1.54) is 18.2 Å². The van der Waals surface area contributed by atoms with E-state index < -0.39 is 4.92 Å². The summed E-state index contributed by atoms with van der Waals surface area (Å²) in [6.07, 6.45) is 2.05. The molecule has 1 saturated carbocycles. The summed E-state index contributed by atoms with van der Waals surface area (Å²) >= 11 is 5.86. The Morgan fingerprint density at radius 1 is 1.50 bits per heavy atom. The molecule has 0 radical (unpaired) electrons. The lowest BCUT2D eigenvalue weighted by atomic mass is 10.1. The van der Waals surface area contributed by atoms with E-state index in [0.29, 0.717) is 24.1 Å². The van der Waals surface area contributed by atoms with Gasteiger partial charge in [0, 0.05) is 24.2 Å². The third-order valence-electron chi connectivity index (χ3n) is 3.20. The fourth-order valence-corrected chi connectivity index (χ4v) is 2.38. The van der Waals surface area contributed by atoms with Crippen molar-refractivity contribution >= 4 is 23.2 Å². The number of carbonyl (C=O) groups is 1. The van der Waals surface area contributed by atoms with Crippen LogP contribution in [0.5, 0.6) is 0 Å². The van der Waals surface area contributed by atoms with Crippen LogP contribution in [0, 0.1) is 16.0 Å². The second-order valence-corrected chi connectivity index (χ2v) is 5.91. The average Bonchev–Trinajstić information content (AvgIpc) is 3.18. The first-order valence-electron chi connectivity index (χ1n) is 6.65. The van der Waals surface area contributed by atoms with Gasteiger partial charge in [0.15, 0.2) is 0 Å². The van der Waals surface area contributed by atoms with Gasteiger partial charge in [0.25, 0.3) is 11.6 Å². The molecule has 1 aliphatic rings. The zero-order valence-corrected chi connectivity index (χ0v) is 12.3. The molecular weight excluding hydrogens is 280 g/mol. The summed E-state index contributed by atoms with van der Waals surface area (Å²) < 4.78 is 0. The number of benzene rings is 1. The summed E-state index contributed by atoms with van der Waals surface area (Å²) in [5, 5.41) is 10.7. The van der Waals surface area contributed by atoms with Gasteiger partial charge in [-0.3, -0.25) is 14.9 Å². The lowest BCUT2D eigenvalue weighted by Crippen LogP contribution is -2.36. The van der Waals surface area contributed by atoms with Gasteiger partial charge in [-0.25, -0.2) is 0 Å². The first kappa shape index (κ1) is 14.8. The molecule has 20 heavy (non-hydrogen) atoms. The third-order valence-corrected chi connectivity index (χ3v) is 3.50. The van der Waals surface area contributed by atoms with Crippen LogP contribution in [0.4, 0.5) is 5.69 Å². The Labute approximate surface area is 122 Å². The second kappa shape index (κ2) is 5.79. The van der Waals surface area contributed by atoms with Gasteiger partial charge in [-0.1, -0.05) is 25.4 Å². The predicted octanol–water partition coefficient (Wildman–Crippen LogP) is 3.51. The van der Waals surface area contributed by atoms with Crippen LogP contribution in [0.1, 0.15) is 37.0 Å². The SMILES string of the molecule is CC(C)CN(C(=O)c1ccc([N+](=O)[O-])c(Cl)c1)C1CC1. The maximum atomic E-state index is 12.5. The number of amides is 1. The number of hydrogen-bond donors (Lipinski definition) is 0. The molecule has 0 aliphatic heterocycles. The molecule has 1 aromatic carbocycles. The summed E-state index contributed by atoms with van der Waals surface area (Å²) in [4.78, 5) is 24.5. The highest BCUT2D eigenvalue weighted by Gasteiger charge is 2.33. The molecule has 0 atom stereocenters. The number of halogens is 1.